The molecule has 1 unspecified atom stereocenters. The number of pyridine rings is 1. The summed E-state index contributed by atoms with van der Waals surface area (Å²) in [5.74, 6) is 0.786. The maximum absolute atomic E-state index is 6.12. The van der Waals surface area contributed by atoms with Gasteiger partial charge < -0.3 is 14.4 Å². The fourth-order valence-corrected chi connectivity index (χ4v) is 3.31. The van der Waals surface area contributed by atoms with Crippen molar-refractivity contribution in [2.24, 2.45) is 0 Å². The van der Waals surface area contributed by atoms with E-state index in [9.17, 15) is 0 Å². The molecular formula is C22H24N2O2. The van der Waals surface area contributed by atoms with Gasteiger partial charge in [0.15, 0.2) is 0 Å². The number of likely N-dealkylation sites (tertiary alicyclic amines) is 1. The number of fused-ring (bicyclic) bond motifs is 1. The van der Waals surface area contributed by atoms with Gasteiger partial charge in [0.1, 0.15) is 11.4 Å². The summed E-state index contributed by atoms with van der Waals surface area (Å²) < 4.78 is 12.2. The highest BCUT2D eigenvalue weighted by Crippen LogP contribution is 2.24. The zero-order valence-electron chi connectivity index (χ0n) is 14.9. The number of ether oxygens (including phenoxy) is 2. The first-order chi connectivity index (χ1) is 12.9. The molecule has 0 spiro atoms. The third kappa shape index (κ3) is 4.21. The summed E-state index contributed by atoms with van der Waals surface area (Å²) in [6.07, 6.45) is 2.07. The van der Waals surface area contributed by atoms with E-state index < -0.39 is 6.29 Å². The van der Waals surface area contributed by atoms with E-state index in [1.54, 1.807) is 0 Å². The summed E-state index contributed by atoms with van der Waals surface area (Å²) >= 11 is 0. The molecule has 0 N–H and O–H groups in total. The summed E-state index contributed by atoms with van der Waals surface area (Å²) in [4.78, 5) is 7.20. The highest BCUT2D eigenvalue weighted by molar-refractivity contribution is 5.78. The van der Waals surface area contributed by atoms with Gasteiger partial charge in [-0.15, -0.1) is 0 Å². The van der Waals surface area contributed by atoms with Crippen LogP contribution in [0.5, 0.6) is 5.75 Å². The molecule has 1 aliphatic heterocycles. The van der Waals surface area contributed by atoms with Crippen LogP contribution in [0.1, 0.15) is 24.8 Å². The lowest BCUT2D eigenvalue weighted by Crippen LogP contribution is -2.26. The predicted octanol–water partition coefficient (Wildman–Crippen LogP) is 4.42. The molecule has 1 aromatic heterocycles. The number of hydrogen-bond donors (Lipinski definition) is 0. The molecule has 0 aliphatic carbocycles. The molecule has 3 aromatic rings. The summed E-state index contributed by atoms with van der Waals surface area (Å²) in [5, 5.41) is 1.12. The highest BCUT2D eigenvalue weighted by atomic mass is 16.7. The molecule has 0 radical (unpaired) electrons. The Labute approximate surface area is 154 Å². The van der Waals surface area contributed by atoms with Crippen molar-refractivity contribution in [3.63, 3.8) is 0 Å². The van der Waals surface area contributed by atoms with Crippen LogP contribution >= 0.6 is 0 Å². The highest BCUT2D eigenvalue weighted by Gasteiger charge is 2.18. The van der Waals surface area contributed by atoms with Crippen LogP contribution in [-0.2, 0) is 4.74 Å². The maximum Gasteiger partial charge on any atom is 0.243 e. The summed E-state index contributed by atoms with van der Waals surface area (Å²) in [5.41, 5.74) is 1.75. The normalized spacial score (nSPS) is 16.0. The van der Waals surface area contributed by atoms with Crippen molar-refractivity contribution in [3.8, 4) is 5.75 Å². The van der Waals surface area contributed by atoms with Crippen molar-refractivity contribution in [2.75, 3.05) is 26.2 Å². The van der Waals surface area contributed by atoms with E-state index in [2.05, 4.69) is 17.0 Å². The van der Waals surface area contributed by atoms with E-state index in [4.69, 9.17) is 14.5 Å². The molecule has 134 valence electrons. The predicted molar refractivity (Wildman–Crippen MR) is 103 cm³/mol. The average Bonchev–Trinajstić information content (AvgIpc) is 3.21. The second-order valence-electron chi connectivity index (χ2n) is 6.61. The van der Waals surface area contributed by atoms with Gasteiger partial charge in [0, 0.05) is 11.9 Å². The molecule has 4 heteroatoms. The van der Waals surface area contributed by atoms with Gasteiger partial charge in [0.2, 0.25) is 6.29 Å². The minimum Gasteiger partial charge on any atom is -0.459 e. The van der Waals surface area contributed by atoms with Gasteiger partial charge in [-0.1, -0.05) is 42.5 Å². The van der Waals surface area contributed by atoms with Crippen molar-refractivity contribution in [3.05, 3.63) is 72.4 Å². The Bertz CT molecular complexity index is 832. The van der Waals surface area contributed by atoms with Crippen molar-refractivity contribution in [1.29, 1.82) is 0 Å². The monoisotopic (exact) mass is 348 g/mol. The van der Waals surface area contributed by atoms with Crippen molar-refractivity contribution >= 4 is 10.9 Å². The van der Waals surface area contributed by atoms with E-state index >= 15 is 0 Å². The number of benzene rings is 2. The fourth-order valence-electron chi connectivity index (χ4n) is 3.31. The Hall–Kier alpha value is -2.43. The summed E-state index contributed by atoms with van der Waals surface area (Å²) in [6.45, 7) is 3.90. The van der Waals surface area contributed by atoms with Crippen LogP contribution in [0.2, 0.25) is 0 Å². The van der Waals surface area contributed by atoms with Crippen molar-refractivity contribution < 1.29 is 9.47 Å². The van der Waals surface area contributed by atoms with Crippen LogP contribution in [0.4, 0.5) is 0 Å². The molecule has 2 aromatic carbocycles. The van der Waals surface area contributed by atoms with Gasteiger partial charge in [-0.2, -0.15) is 0 Å². The SMILES string of the molecule is c1ccc(OC(OCCN2CCCC2)c2ccc3ccccc3n2)cc1. The zero-order valence-corrected chi connectivity index (χ0v) is 14.9. The van der Waals surface area contributed by atoms with Crippen LogP contribution in [0.25, 0.3) is 10.9 Å². The zero-order chi connectivity index (χ0) is 17.6. The molecule has 4 rings (SSSR count). The standard InChI is InChI=1S/C22H24N2O2/c1-2-9-19(10-3-1)26-22(25-17-16-24-14-6-7-15-24)21-13-12-18-8-4-5-11-20(18)23-21/h1-5,8-13,22H,6-7,14-17H2. The number of aromatic nitrogens is 1. The minimum absolute atomic E-state index is 0.510. The van der Waals surface area contributed by atoms with Crippen LogP contribution in [0, 0.1) is 0 Å². The fraction of sp³-hybridized carbons (Fsp3) is 0.318. The first kappa shape index (κ1) is 17.0. The number of hydrogen-bond acceptors (Lipinski definition) is 4. The van der Waals surface area contributed by atoms with Gasteiger partial charge in [0.25, 0.3) is 0 Å². The molecule has 0 saturated carbocycles. The second kappa shape index (κ2) is 8.30. The van der Waals surface area contributed by atoms with Crippen molar-refractivity contribution in [2.45, 2.75) is 19.1 Å². The maximum atomic E-state index is 6.12. The van der Waals surface area contributed by atoms with Gasteiger partial charge in [-0.3, -0.25) is 0 Å². The Morgan fingerprint density at radius 3 is 2.50 bits per heavy atom. The number of para-hydroxylation sites is 2. The molecule has 26 heavy (non-hydrogen) atoms. The van der Waals surface area contributed by atoms with Gasteiger partial charge in [-0.05, 0) is 50.2 Å². The van der Waals surface area contributed by atoms with Gasteiger partial charge in [-0.25, -0.2) is 4.98 Å². The summed E-state index contributed by atoms with van der Waals surface area (Å²) in [6, 6.07) is 22.0. The Morgan fingerprint density at radius 1 is 0.885 bits per heavy atom. The van der Waals surface area contributed by atoms with Crippen molar-refractivity contribution in [1.82, 2.24) is 9.88 Å². The molecule has 1 aliphatic rings. The van der Waals surface area contributed by atoms with Gasteiger partial charge >= 0.3 is 0 Å². The van der Waals surface area contributed by atoms with Crippen LogP contribution < -0.4 is 4.74 Å². The average molecular weight is 348 g/mol. The lowest BCUT2D eigenvalue weighted by atomic mass is 10.2. The molecule has 1 fully saturated rings. The Kier molecular flexibility index (Phi) is 5.43. The summed E-state index contributed by atoms with van der Waals surface area (Å²) in [7, 11) is 0. The minimum atomic E-state index is -0.510. The molecule has 0 bridgehead atoms. The third-order valence-corrected chi connectivity index (χ3v) is 4.72. The largest absolute Gasteiger partial charge is 0.459 e. The molecule has 1 saturated heterocycles. The topological polar surface area (TPSA) is 34.6 Å². The number of rotatable bonds is 7. The molecule has 4 nitrogen and oxygen atoms in total. The van der Waals surface area contributed by atoms with E-state index in [0.29, 0.717) is 6.61 Å². The molecule has 0 amide bonds. The Morgan fingerprint density at radius 2 is 1.65 bits per heavy atom. The molecular weight excluding hydrogens is 324 g/mol. The van der Waals surface area contributed by atoms with E-state index in [-0.39, 0.29) is 0 Å². The second-order valence-corrected chi connectivity index (χ2v) is 6.61. The molecule has 1 atom stereocenters. The van der Waals surface area contributed by atoms with Crippen LogP contribution in [0.3, 0.4) is 0 Å². The Balaban J connectivity index is 1.51. The van der Waals surface area contributed by atoms with E-state index in [1.165, 1.54) is 25.9 Å². The van der Waals surface area contributed by atoms with Crippen LogP contribution in [0.15, 0.2) is 66.7 Å². The first-order valence-electron chi connectivity index (χ1n) is 9.30. The lowest BCUT2D eigenvalue weighted by Gasteiger charge is -2.21. The van der Waals surface area contributed by atoms with Crippen LogP contribution in [-0.4, -0.2) is 36.1 Å². The van der Waals surface area contributed by atoms with E-state index in [0.717, 1.165) is 28.9 Å². The van der Waals surface area contributed by atoms with E-state index in [1.807, 2.05) is 54.6 Å². The third-order valence-electron chi connectivity index (χ3n) is 4.72. The lowest BCUT2D eigenvalue weighted by molar-refractivity contribution is -0.0897. The van der Waals surface area contributed by atoms with Gasteiger partial charge in [0.05, 0.1) is 12.1 Å². The smallest absolute Gasteiger partial charge is 0.243 e. The molecule has 2 heterocycles. The first-order valence-corrected chi connectivity index (χ1v) is 9.30. The number of nitrogens with zero attached hydrogens (tertiary/aromatic N) is 2. The quantitative estimate of drug-likeness (QED) is 0.592.